The molecule has 1 fully saturated rings. The van der Waals surface area contributed by atoms with E-state index in [9.17, 15) is 0 Å². The number of hydrogen-bond acceptors (Lipinski definition) is 5. The second-order valence-corrected chi connectivity index (χ2v) is 7.53. The molecule has 1 aliphatic rings. The topological polar surface area (TPSA) is 78.6 Å². The molecule has 0 bridgehead atoms. The van der Waals surface area contributed by atoms with Crippen LogP contribution in [0.4, 0.5) is 0 Å². The standard InChI is InChI=1S/C20H27ClN6O/c1-14(2)13-27-10-8-17(9-11-27)24-20(22-3)23-12-18-25-19(26-28-18)15-4-6-16(21)7-5-15/h4-7,17H,1,8-13H2,2-3H3,(H2,22,23,24). The van der Waals surface area contributed by atoms with E-state index in [-0.39, 0.29) is 0 Å². The van der Waals surface area contributed by atoms with Gasteiger partial charge in [0, 0.05) is 43.3 Å². The largest absolute Gasteiger partial charge is 0.354 e. The smallest absolute Gasteiger partial charge is 0.246 e. The normalized spacial score (nSPS) is 16.2. The first-order chi connectivity index (χ1) is 13.5. The Bertz CT molecular complexity index is 808. The summed E-state index contributed by atoms with van der Waals surface area (Å²) in [5, 5.41) is 11.4. The number of halogens is 1. The number of hydrogen-bond donors (Lipinski definition) is 2. The third kappa shape index (κ3) is 5.81. The van der Waals surface area contributed by atoms with Gasteiger partial charge in [0.15, 0.2) is 5.96 Å². The van der Waals surface area contributed by atoms with Crippen LogP contribution in [-0.4, -0.2) is 53.7 Å². The highest BCUT2D eigenvalue weighted by molar-refractivity contribution is 6.30. The first kappa shape index (κ1) is 20.4. The molecule has 0 radical (unpaired) electrons. The van der Waals surface area contributed by atoms with Crippen LogP contribution < -0.4 is 10.6 Å². The van der Waals surface area contributed by atoms with Crippen molar-refractivity contribution in [2.45, 2.75) is 32.4 Å². The molecule has 28 heavy (non-hydrogen) atoms. The van der Waals surface area contributed by atoms with Gasteiger partial charge in [-0.25, -0.2) is 0 Å². The molecule has 3 rings (SSSR count). The average molecular weight is 403 g/mol. The van der Waals surface area contributed by atoms with E-state index in [0.717, 1.165) is 44.0 Å². The first-order valence-electron chi connectivity index (χ1n) is 9.46. The molecule has 1 aromatic heterocycles. The summed E-state index contributed by atoms with van der Waals surface area (Å²) in [6.45, 7) is 9.59. The van der Waals surface area contributed by atoms with Gasteiger partial charge in [-0.05, 0) is 44.0 Å². The lowest BCUT2D eigenvalue weighted by Crippen LogP contribution is -2.48. The van der Waals surface area contributed by atoms with Crippen LogP contribution in [0.5, 0.6) is 0 Å². The van der Waals surface area contributed by atoms with Crippen LogP contribution in [0.25, 0.3) is 11.4 Å². The number of likely N-dealkylation sites (tertiary alicyclic amines) is 1. The summed E-state index contributed by atoms with van der Waals surface area (Å²) < 4.78 is 5.33. The molecular formula is C20H27ClN6O. The second-order valence-electron chi connectivity index (χ2n) is 7.10. The van der Waals surface area contributed by atoms with Gasteiger partial charge in [-0.3, -0.25) is 9.89 Å². The molecule has 0 atom stereocenters. The van der Waals surface area contributed by atoms with Crippen LogP contribution in [0, 0.1) is 0 Å². The summed E-state index contributed by atoms with van der Waals surface area (Å²) >= 11 is 5.91. The summed E-state index contributed by atoms with van der Waals surface area (Å²) in [6.07, 6.45) is 2.16. The fourth-order valence-electron chi connectivity index (χ4n) is 3.21. The van der Waals surface area contributed by atoms with E-state index in [2.05, 4.69) is 44.2 Å². The molecule has 1 aliphatic heterocycles. The van der Waals surface area contributed by atoms with Gasteiger partial charge in [0.1, 0.15) is 0 Å². The van der Waals surface area contributed by atoms with Crippen LogP contribution in [0.1, 0.15) is 25.7 Å². The molecule has 7 nitrogen and oxygen atoms in total. The number of rotatable bonds is 6. The molecule has 8 heteroatoms. The summed E-state index contributed by atoms with van der Waals surface area (Å²) in [7, 11) is 1.76. The molecule has 0 aliphatic carbocycles. The van der Waals surface area contributed by atoms with Crippen molar-refractivity contribution in [2.75, 3.05) is 26.7 Å². The Labute approximate surface area is 170 Å². The predicted molar refractivity (Wildman–Crippen MR) is 112 cm³/mol. The van der Waals surface area contributed by atoms with Crippen molar-refractivity contribution >= 4 is 17.6 Å². The quantitative estimate of drug-likeness (QED) is 0.439. The Balaban J connectivity index is 1.47. The van der Waals surface area contributed by atoms with Crippen molar-refractivity contribution in [3.63, 3.8) is 0 Å². The van der Waals surface area contributed by atoms with E-state index < -0.39 is 0 Å². The SMILES string of the molecule is C=C(C)CN1CCC(NC(=NC)NCc2nc(-c3ccc(Cl)cc3)no2)CC1. The lowest BCUT2D eigenvalue weighted by atomic mass is 10.0. The van der Waals surface area contributed by atoms with Gasteiger partial charge in [-0.2, -0.15) is 4.98 Å². The first-order valence-corrected chi connectivity index (χ1v) is 9.83. The Morgan fingerprint density at radius 2 is 2.04 bits per heavy atom. The summed E-state index contributed by atoms with van der Waals surface area (Å²) in [5.74, 6) is 1.79. The van der Waals surface area contributed by atoms with Gasteiger partial charge in [0.05, 0.1) is 6.54 Å². The average Bonchev–Trinajstić information content (AvgIpc) is 3.15. The Hall–Kier alpha value is -2.38. The van der Waals surface area contributed by atoms with E-state index in [4.69, 9.17) is 16.1 Å². The maximum absolute atomic E-state index is 5.91. The number of aliphatic imine (C=N–C) groups is 1. The molecule has 0 spiro atoms. The molecule has 2 N–H and O–H groups in total. The number of guanidine groups is 1. The van der Waals surface area contributed by atoms with Crippen LogP contribution in [0.3, 0.4) is 0 Å². The van der Waals surface area contributed by atoms with Gasteiger partial charge >= 0.3 is 0 Å². The number of nitrogens with one attached hydrogen (secondary N) is 2. The van der Waals surface area contributed by atoms with E-state index in [1.807, 2.05) is 12.1 Å². The Kier molecular flexibility index (Phi) is 7.06. The van der Waals surface area contributed by atoms with Crippen molar-refractivity contribution < 1.29 is 4.52 Å². The zero-order valence-electron chi connectivity index (χ0n) is 16.4. The number of aromatic nitrogens is 2. The molecular weight excluding hydrogens is 376 g/mol. The van der Waals surface area contributed by atoms with Crippen molar-refractivity contribution in [1.82, 2.24) is 25.7 Å². The Morgan fingerprint density at radius 3 is 2.68 bits per heavy atom. The predicted octanol–water partition coefficient (Wildman–Crippen LogP) is 3.10. The third-order valence-corrected chi connectivity index (χ3v) is 4.88. The van der Waals surface area contributed by atoms with Crippen molar-refractivity contribution in [3.05, 3.63) is 47.3 Å². The zero-order chi connectivity index (χ0) is 19.9. The van der Waals surface area contributed by atoms with Gasteiger partial charge < -0.3 is 15.2 Å². The van der Waals surface area contributed by atoms with Gasteiger partial charge in [-0.1, -0.05) is 28.9 Å². The van der Waals surface area contributed by atoms with Crippen molar-refractivity contribution in [3.8, 4) is 11.4 Å². The molecule has 0 amide bonds. The van der Waals surface area contributed by atoms with Crippen LogP contribution in [0.2, 0.25) is 5.02 Å². The zero-order valence-corrected chi connectivity index (χ0v) is 17.2. The maximum Gasteiger partial charge on any atom is 0.246 e. The second kappa shape index (κ2) is 9.71. The molecule has 1 aromatic carbocycles. The lowest BCUT2D eigenvalue weighted by Gasteiger charge is -2.33. The third-order valence-electron chi connectivity index (χ3n) is 4.62. The van der Waals surface area contributed by atoms with Crippen LogP contribution in [-0.2, 0) is 6.54 Å². The monoisotopic (exact) mass is 402 g/mol. The number of benzene rings is 1. The highest BCUT2D eigenvalue weighted by Crippen LogP contribution is 2.18. The van der Waals surface area contributed by atoms with Crippen LogP contribution in [0.15, 0.2) is 45.9 Å². The van der Waals surface area contributed by atoms with E-state index in [1.54, 1.807) is 19.2 Å². The van der Waals surface area contributed by atoms with E-state index in [1.165, 1.54) is 5.57 Å². The number of piperidine rings is 1. The summed E-state index contributed by atoms with van der Waals surface area (Å²) in [4.78, 5) is 11.2. The van der Waals surface area contributed by atoms with Crippen molar-refractivity contribution in [2.24, 2.45) is 4.99 Å². The molecule has 2 aromatic rings. The number of nitrogens with zero attached hydrogens (tertiary/aromatic N) is 4. The van der Waals surface area contributed by atoms with Crippen LogP contribution >= 0.6 is 11.6 Å². The van der Waals surface area contributed by atoms with Gasteiger partial charge in [0.2, 0.25) is 11.7 Å². The minimum absolute atomic E-state index is 0.403. The van der Waals surface area contributed by atoms with Gasteiger partial charge in [0.25, 0.3) is 0 Å². The minimum Gasteiger partial charge on any atom is -0.354 e. The fourth-order valence-corrected chi connectivity index (χ4v) is 3.33. The molecule has 0 saturated carbocycles. The highest BCUT2D eigenvalue weighted by Gasteiger charge is 2.20. The summed E-state index contributed by atoms with van der Waals surface area (Å²) in [5.41, 5.74) is 2.07. The van der Waals surface area contributed by atoms with E-state index >= 15 is 0 Å². The molecule has 2 heterocycles. The van der Waals surface area contributed by atoms with E-state index in [0.29, 0.717) is 29.3 Å². The molecule has 150 valence electrons. The minimum atomic E-state index is 0.403. The summed E-state index contributed by atoms with van der Waals surface area (Å²) in [6, 6.07) is 7.74. The lowest BCUT2D eigenvalue weighted by molar-refractivity contribution is 0.221. The Morgan fingerprint density at radius 1 is 1.32 bits per heavy atom. The molecule has 1 saturated heterocycles. The fraction of sp³-hybridized carbons (Fsp3) is 0.450. The molecule has 0 unspecified atom stereocenters. The van der Waals surface area contributed by atoms with Crippen molar-refractivity contribution in [1.29, 1.82) is 0 Å². The maximum atomic E-state index is 5.91. The highest BCUT2D eigenvalue weighted by atomic mass is 35.5. The van der Waals surface area contributed by atoms with Gasteiger partial charge in [-0.15, -0.1) is 0 Å².